The number of nitrogens with one attached hydrogen (secondary N) is 1. The number of halogens is 1. The van der Waals surface area contributed by atoms with Crippen LogP contribution in [0.4, 0.5) is 5.82 Å². The van der Waals surface area contributed by atoms with Gasteiger partial charge in [0, 0.05) is 31.5 Å². The maximum absolute atomic E-state index is 12.5. The maximum atomic E-state index is 12.5. The second-order valence-corrected chi connectivity index (χ2v) is 6.26. The lowest BCUT2D eigenvalue weighted by atomic mass is 10.2. The predicted octanol–water partition coefficient (Wildman–Crippen LogP) is 1.86. The van der Waals surface area contributed by atoms with Gasteiger partial charge in [0.2, 0.25) is 0 Å². The van der Waals surface area contributed by atoms with Gasteiger partial charge in [0.05, 0.1) is 42.2 Å². The SMILES string of the molecule is O=C(c1cnc(NCc2ccnc3ccnn23)c(Cl)c1)N1CCOCC1. The fourth-order valence-electron chi connectivity index (χ4n) is 2.83. The number of rotatable bonds is 4. The number of nitrogens with zero attached hydrogens (tertiary/aromatic N) is 5. The molecule has 9 heteroatoms. The lowest BCUT2D eigenvalue weighted by Gasteiger charge is -2.26. The van der Waals surface area contributed by atoms with Crippen LogP contribution in [0.2, 0.25) is 5.02 Å². The third-order valence-corrected chi connectivity index (χ3v) is 4.48. The summed E-state index contributed by atoms with van der Waals surface area (Å²) in [5.74, 6) is 0.434. The highest BCUT2D eigenvalue weighted by molar-refractivity contribution is 6.33. The van der Waals surface area contributed by atoms with E-state index < -0.39 is 0 Å². The molecule has 0 spiro atoms. The highest BCUT2D eigenvalue weighted by Gasteiger charge is 2.19. The van der Waals surface area contributed by atoms with Gasteiger partial charge < -0.3 is 15.0 Å². The maximum Gasteiger partial charge on any atom is 0.255 e. The number of fused-ring (bicyclic) bond motifs is 1. The number of carbonyl (C=O) groups is 1. The van der Waals surface area contributed by atoms with E-state index in [1.54, 1.807) is 34.1 Å². The second kappa shape index (κ2) is 7.27. The van der Waals surface area contributed by atoms with Crippen LogP contribution in [0.1, 0.15) is 16.1 Å². The molecule has 1 aliphatic rings. The molecule has 4 rings (SSSR count). The molecule has 1 N–H and O–H groups in total. The van der Waals surface area contributed by atoms with E-state index in [0.717, 1.165) is 11.3 Å². The highest BCUT2D eigenvalue weighted by atomic mass is 35.5. The molecule has 0 saturated carbocycles. The van der Waals surface area contributed by atoms with Gasteiger partial charge in [-0.05, 0) is 12.1 Å². The Bertz CT molecular complexity index is 938. The fourth-order valence-corrected chi connectivity index (χ4v) is 3.06. The van der Waals surface area contributed by atoms with Gasteiger partial charge in [-0.3, -0.25) is 4.79 Å². The molecule has 0 bridgehead atoms. The fraction of sp³-hybridized carbons (Fsp3) is 0.294. The monoisotopic (exact) mass is 372 g/mol. The summed E-state index contributed by atoms with van der Waals surface area (Å²) in [5.41, 5.74) is 2.17. The molecule has 0 aliphatic carbocycles. The van der Waals surface area contributed by atoms with Crippen molar-refractivity contribution in [1.29, 1.82) is 0 Å². The van der Waals surface area contributed by atoms with Crippen molar-refractivity contribution in [2.45, 2.75) is 6.54 Å². The van der Waals surface area contributed by atoms with E-state index in [1.165, 1.54) is 0 Å². The van der Waals surface area contributed by atoms with E-state index in [0.29, 0.717) is 49.3 Å². The molecule has 1 saturated heterocycles. The average Bonchev–Trinajstić information content (AvgIpc) is 3.16. The Kier molecular flexibility index (Phi) is 4.68. The van der Waals surface area contributed by atoms with Gasteiger partial charge >= 0.3 is 0 Å². The zero-order valence-corrected chi connectivity index (χ0v) is 14.7. The first-order chi connectivity index (χ1) is 12.7. The summed E-state index contributed by atoms with van der Waals surface area (Å²) in [6, 6.07) is 5.35. The summed E-state index contributed by atoms with van der Waals surface area (Å²) in [5, 5.41) is 7.82. The van der Waals surface area contributed by atoms with Gasteiger partial charge in [0.25, 0.3) is 5.91 Å². The molecule has 4 heterocycles. The van der Waals surface area contributed by atoms with Crippen molar-refractivity contribution in [2.24, 2.45) is 0 Å². The van der Waals surface area contributed by atoms with Crippen molar-refractivity contribution in [2.75, 3.05) is 31.6 Å². The molecule has 1 aliphatic heterocycles. The molecule has 0 atom stereocenters. The Balaban J connectivity index is 1.47. The van der Waals surface area contributed by atoms with Crippen LogP contribution in [-0.4, -0.2) is 56.7 Å². The largest absolute Gasteiger partial charge is 0.378 e. The first-order valence-corrected chi connectivity index (χ1v) is 8.64. The van der Waals surface area contributed by atoms with E-state index in [1.807, 2.05) is 12.1 Å². The van der Waals surface area contributed by atoms with Gasteiger partial charge in [-0.1, -0.05) is 11.6 Å². The molecule has 1 fully saturated rings. The van der Waals surface area contributed by atoms with Crippen LogP contribution in [-0.2, 0) is 11.3 Å². The molecule has 0 unspecified atom stereocenters. The van der Waals surface area contributed by atoms with E-state index in [4.69, 9.17) is 16.3 Å². The zero-order valence-electron chi connectivity index (χ0n) is 13.9. The van der Waals surface area contributed by atoms with Crippen molar-refractivity contribution in [3.05, 3.63) is 53.1 Å². The molecule has 3 aromatic heterocycles. The minimum Gasteiger partial charge on any atom is -0.378 e. The minimum atomic E-state index is -0.0818. The first kappa shape index (κ1) is 16.7. The Labute approximate surface area is 154 Å². The third-order valence-electron chi connectivity index (χ3n) is 4.19. The summed E-state index contributed by atoms with van der Waals surface area (Å²) < 4.78 is 7.02. The standard InChI is InChI=1S/C17H17ClN6O2/c18-14-9-12(17(25)23-5-7-26-8-6-23)10-20-16(14)21-11-13-1-3-19-15-2-4-22-24(13)15/h1-4,9-10H,5-8,11H2,(H,20,21). The topological polar surface area (TPSA) is 84.7 Å². The van der Waals surface area contributed by atoms with Crippen molar-refractivity contribution in [3.8, 4) is 0 Å². The summed E-state index contributed by atoms with van der Waals surface area (Å²) >= 11 is 6.32. The molecule has 3 aromatic rings. The molecule has 134 valence electrons. The zero-order chi connectivity index (χ0) is 17.9. The number of amides is 1. The van der Waals surface area contributed by atoms with Crippen LogP contribution < -0.4 is 5.32 Å². The molecule has 0 radical (unpaired) electrons. The Morgan fingerprint density at radius 2 is 2.08 bits per heavy atom. The number of anilines is 1. The van der Waals surface area contributed by atoms with Crippen molar-refractivity contribution < 1.29 is 9.53 Å². The van der Waals surface area contributed by atoms with Crippen molar-refractivity contribution in [3.63, 3.8) is 0 Å². The van der Waals surface area contributed by atoms with Gasteiger partial charge in [0.15, 0.2) is 5.65 Å². The molecule has 0 aromatic carbocycles. The number of hydrogen-bond donors (Lipinski definition) is 1. The van der Waals surface area contributed by atoms with Crippen LogP contribution >= 0.6 is 11.6 Å². The second-order valence-electron chi connectivity index (χ2n) is 5.85. The summed E-state index contributed by atoms with van der Waals surface area (Å²) in [4.78, 5) is 22.8. The summed E-state index contributed by atoms with van der Waals surface area (Å²) in [6.07, 6.45) is 4.97. The number of morpholine rings is 1. The average molecular weight is 373 g/mol. The number of carbonyl (C=O) groups excluding carboxylic acids is 1. The van der Waals surface area contributed by atoms with Crippen LogP contribution in [0.5, 0.6) is 0 Å². The number of ether oxygens (including phenoxy) is 1. The first-order valence-electron chi connectivity index (χ1n) is 8.26. The number of pyridine rings is 1. The summed E-state index contributed by atoms with van der Waals surface area (Å²) in [6.45, 7) is 2.75. The van der Waals surface area contributed by atoms with Gasteiger partial charge in [-0.15, -0.1) is 0 Å². The molecule has 26 heavy (non-hydrogen) atoms. The van der Waals surface area contributed by atoms with Gasteiger partial charge in [-0.2, -0.15) is 5.10 Å². The Morgan fingerprint density at radius 1 is 1.23 bits per heavy atom. The van der Waals surface area contributed by atoms with Crippen LogP contribution in [0, 0.1) is 0 Å². The van der Waals surface area contributed by atoms with Crippen LogP contribution in [0.25, 0.3) is 5.65 Å². The van der Waals surface area contributed by atoms with Gasteiger partial charge in [-0.25, -0.2) is 14.5 Å². The van der Waals surface area contributed by atoms with E-state index in [9.17, 15) is 4.79 Å². The van der Waals surface area contributed by atoms with E-state index in [2.05, 4.69) is 20.4 Å². The number of aromatic nitrogens is 4. The van der Waals surface area contributed by atoms with E-state index >= 15 is 0 Å². The number of hydrogen-bond acceptors (Lipinski definition) is 6. The van der Waals surface area contributed by atoms with Crippen molar-refractivity contribution >= 4 is 29.0 Å². The highest BCUT2D eigenvalue weighted by Crippen LogP contribution is 2.22. The van der Waals surface area contributed by atoms with Crippen LogP contribution in [0.3, 0.4) is 0 Å². The smallest absolute Gasteiger partial charge is 0.255 e. The van der Waals surface area contributed by atoms with E-state index in [-0.39, 0.29) is 5.91 Å². The normalized spacial score (nSPS) is 14.6. The summed E-state index contributed by atoms with van der Waals surface area (Å²) in [7, 11) is 0. The predicted molar refractivity (Wildman–Crippen MR) is 96.3 cm³/mol. The quantitative estimate of drug-likeness (QED) is 0.752. The Hall–Kier alpha value is -2.71. The van der Waals surface area contributed by atoms with Gasteiger partial charge in [0.1, 0.15) is 5.82 Å². The molecular weight excluding hydrogens is 356 g/mol. The molecule has 1 amide bonds. The third kappa shape index (κ3) is 3.33. The van der Waals surface area contributed by atoms with Crippen LogP contribution in [0.15, 0.2) is 36.8 Å². The lowest BCUT2D eigenvalue weighted by Crippen LogP contribution is -2.40. The Morgan fingerprint density at radius 3 is 2.88 bits per heavy atom. The van der Waals surface area contributed by atoms with Crippen molar-refractivity contribution in [1.82, 2.24) is 24.5 Å². The lowest BCUT2D eigenvalue weighted by molar-refractivity contribution is 0.0302. The minimum absolute atomic E-state index is 0.0818. The molecule has 8 nitrogen and oxygen atoms in total. The molecular formula is C17H17ClN6O2.